The predicted molar refractivity (Wildman–Crippen MR) is 250 cm³/mol. The van der Waals surface area contributed by atoms with Crippen LogP contribution in [0, 0.1) is 23.7 Å². The molecule has 5 aromatic carbocycles. The van der Waals surface area contributed by atoms with E-state index in [-0.39, 0.29) is 32.7 Å². The van der Waals surface area contributed by atoms with Gasteiger partial charge >= 0.3 is 17.9 Å². The van der Waals surface area contributed by atoms with Gasteiger partial charge in [0.25, 0.3) is 0 Å². The van der Waals surface area contributed by atoms with Crippen molar-refractivity contribution in [3.8, 4) is 29.1 Å². The maximum absolute atomic E-state index is 16.2. The van der Waals surface area contributed by atoms with Crippen LogP contribution < -0.4 is 19.5 Å². The zero-order valence-corrected chi connectivity index (χ0v) is 38.5. The number of morpholine rings is 1. The minimum Gasteiger partial charge on any atom is -0.493 e. The molecule has 0 aromatic heterocycles. The number of para-hydroxylation sites is 1. The second-order valence-corrected chi connectivity index (χ2v) is 17.2. The van der Waals surface area contributed by atoms with Crippen molar-refractivity contribution in [3.05, 3.63) is 154 Å². The van der Waals surface area contributed by atoms with Crippen molar-refractivity contribution < 1.29 is 57.5 Å². The molecule has 0 unspecified atom stereocenters. The third-order valence-corrected chi connectivity index (χ3v) is 13.7. The van der Waals surface area contributed by atoms with Gasteiger partial charge in [0.1, 0.15) is 29.9 Å². The Hall–Kier alpha value is -7.67. The van der Waals surface area contributed by atoms with Crippen molar-refractivity contribution in [2.24, 2.45) is 11.8 Å². The van der Waals surface area contributed by atoms with Crippen molar-refractivity contribution in [2.75, 3.05) is 53.5 Å². The number of hydrogen-bond donors (Lipinski definition) is 2. The number of ether oxygens (including phenoxy) is 6. The lowest BCUT2D eigenvalue weighted by atomic mass is 9.64. The Bertz CT molecular complexity index is 2850. The molecular formula is C54H51N3O12. The fraction of sp³-hybridized carbons (Fsp3) is 0.315. The summed E-state index contributed by atoms with van der Waals surface area (Å²) in [5, 5.41) is 13.2. The predicted octanol–water partition coefficient (Wildman–Crippen LogP) is 5.63. The number of nitrogens with one attached hydrogen (secondary N) is 1. The van der Waals surface area contributed by atoms with Crippen LogP contribution in [0.2, 0.25) is 0 Å². The molecule has 5 aromatic rings. The van der Waals surface area contributed by atoms with Crippen LogP contribution in [0.4, 0.5) is 5.69 Å². The molecule has 354 valence electrons. The van der Waals surface area contributed by atoms with E-state index in [1.165, 1.54) is 14.2 Å². The van der Waals surface area contributed by atoms with Gasteiger partial charge in [-0.15, -0.1) is 0 Å². The van der Waals surface area contributed by atoms with Crippen LogP contribution in [0.3, 0.4) is 0 Å². The maximum atomic E-state index is 16.2. The van der Waals surface area contributed by atoms with E-state index in [1.807, 2.05) is 89.8 Å². The van der Waals surface area contributed by atoms with E-state index < -0.39 is 71.2 Å². The quantitative estimate of drug-likeness (QED) is 0.0681. The molecule has 0 aliphatic carbocycles. The van der Waals surface area contributed by atoms with E-state index in [4.69, 9.17) is 28.4 Å². The molecular weight excluding hydrogens is 883 g/mol. The van der Waals surface area contributed by atoms with Gasteiger partial charge in [-0.3, -0.25) is 28.9 Å². The summed E-state index contributed by atoms with van der Waals surface area (Å²) in [5.41, 5.74) is 3.05. The Morgan fingerprint density at radius 1 is 0.797 bits per heavy atom. The number of cyclic esters (lactones) is 1. The van der Waals surface area contributed by atoms with Crippen molar-refractivity contribution in [1.29, 1.82) is 0 Å². The van der Waals surface area contributed by atoms with Gasteiger partial charge in [-0.25, -0.2) is 0 Å². The fourth-order valence-corrected chi connectivity index (χ4v) is 10.7. The molecule has 69 heavy (non-hydrogen) atoms. The van der Waals surface area contributed by atoms with Gasteiger partial charge in [-0.2, -0.15) is 0 Å². The van der Waals surface area contributed by atoms with Gasteiger partial charge in [0.2, 0.25) is 11.8 Å². The number of fused-ring (bicyclic) bond motifs is 4. The highest BCUT2D eigenvalue weighted by atomic mass is 16.6. The summed E-state index contributed by atoms with van der Waals surface area (Å²) < 4.78 is 33.9. The van der Waals surface area contributed by atoms with Crippen LogP contribution in [0.25, 0.3) is 0 Å². The molecule has 2 amide bonds. The van der Waals surface area contributed by atoms with Crippen molar-refractivity contribution in [1.82, 2.24) is 9.80 Å². The summed E-state index contributed by atoms with van der Waals surface area (Å²) in [6.07, 6.45) is -0.684. The Labute approximate surface area is 399 Å². The monoisotopic (exact) mass is 933 g/mol. The number of rotatable bonds is 12. The number of amides is 2. The van der Waals surface area contributed by atoms with Gasteiger partial charge in [-0.1, -0.05) is 90.7 Å². The standard InChI is InChI=1S/C54H51N3O12/c1-64-42-29-35-24-25-56(31-36(35)30-43(42)65-2)49(59)44-46-52(62)69-47(34-17-9-6-10-18-34)45(33-15-7-5-8-16-33)57(46)48(37-19-11-12-21-41(37)68-27-26-58)54(44)39-28-32(22-23-40(39)55-53(54)63)14-13-20-38(50(60)66-3)51(61)67-4/h5-12,15-19,21-23,28-30,38,44-48,58H,20,24-27,31H2,1-4H3,(H,55,63)/t44-,45-,46-,47+,48+,54-/m0/s1. The molecule has 0 saturated carbocycles. The summed E-state index contributed by atoms with van der Waals surface area (Å²) in [4.78, 5) is 76.4. The lowest BCUT2D eigenvalue weighted by Gasteiger charge is -2.46. The Balaban J connectivity index is 1.30. The number of anilines is 1. The van der Waals surface area contributed by atoms with Gasteiger partial charge in [0.05, 0.1) is 53.0 Å². The minimum absolute atomic E-state index is 0.0819. The van der Waals surface area contributed by atoms with Gasteiger partial charge in [0.15, 0.2) is 17.4 Å². The smallest absolute Gasteiger partial charge is 0.324 e. The number of benzene rings is 5. The Kier molecular flexibility index (Phi) is 13.1. The highest BCUT2D eigenvalue weighted by Gasteiger charge is 2.74. The van der Waals surface area contributed by atoms with Crippen LogP contribution >= 0.6 is 0 Å². The molecule has 15 nitrogen and oxygen atoms in total. The molecule has 9 rings (SSSR count). The number of carbonyl (C=O) groups is 5. The van der Waals surface area contributed by atoms with E-state index in [2.05, 4.69) is 17.2 Å². The zero-order chi connectivity index (χ0) is 48.4. The van der Waals surface area contributed by atoms with Crippen LogP contribution in [0.5, 0.6) is 17.2 Å². The molecule has 2 saturated heterocycles. The van der Waals surface area contributed by atoms with Crippen molar-refractivity contribution in [3.63, 3.8) is 0 Å². The summed E-state index contributed by atoms with van der Waals surface area (Å²) in [5.74, 6) is 1.37. The number of aliphatic hydroxyl groups excluding tert-OH is 1. The molecule has 4 heterocycles. The molecule has 4 aliphatic heterocycles. The van der Waals surface area contributed by atoms with E-state index in [0.29, 0.717) is 51.6 Å². The highest BCUT2D eigenvalue weighted by Crippen LogP contribution is 2.66. The number of carbonyl (C=O) groups excluding carboxylic acids is 5. The van der Waals surface area contributed by atoms with E-state index in [9.17, 15) is 14.7 Å². The van der Waals surface area contributed by atoms with E-state index in [0.717, 1.165) is 16.7 Å². The fourth-order valence-electron chi connectivity index (χ4n) is 10.7. The number of esters is 3. The molecule has 2 fully saturated rings. The third-order valence-electron chi connectivity index (χ3n) is 13.7. The second kappa shape index (κ2) is 19.5. The van der Waals surface area contributed by atoms with Crippen LogP contribution in [-0.2, 0) is 56.6 Å². The maximum Gasteiger partial charge on any atom is 0.324 e. The molecule has 1 spiro atoms. The third kappa shape index (κ3) is 8.09. The Morgan fingerprint density at radius 2 is 1.45 bits per heavy atom. The first-order chi connectivity index (χ1) is 33.6. The van der Waals surface area contributed by atoms with Gasteiger partial charge in [0, 0.05) is 36.3 Å². The van der Waals surface area contributed by atoms with Gasteiger partial charge < -0.3 is 43.7 Å². The lowest BCUT2D eigenvalue weighted by Crippen LogP contribution is -2.56. The van der Waals surface area contributed by atoms with E-state index in [1.54, 1.807) is 49.5 Å². The first-order valence-corrected chi connectivity index (χ1v) is 22.6. The summed E-state index contributed by atoms with van der Waals surface area (Å²) in [6, 6.07) is 31.8. The first kappa shape index (κ1) is 46.4. The topological polar surface area (TPSA) is 179 Å². The van der Waals surface area contributed by atoms with Crippen molar-refractivity contribution in [2.45, 2.75) is 49.0 Å². The zero-order valence-electron chi connectivity index (χ0n) is 38.5. The molecule has 0 radical (unpaired) electrons. The summed E-state index contributed by atoms with van der Waals surface area (Å²) >= 11 is 0. The number of nitrogens with zero attached hydrogens (tertiary/aromatic N) is 2. The van der Waals surface area contributed by atoms with Crippen LogP contribution in [0.15, 0.2) is 115 Å². The lowest BCUT2D eigenvalue weighted by molar-refractivity contribution is -0.179. The number of methoxy groups -OCH3 is 4. The largest absolute Gasteiger partial charge is 0.493 e. The Morgan fingerprint density at radius 3 is 2.12 bits per heavy atom. The average molecular weight is 934 g/mol. The SMILES string of the molecule is COC(=O)C(CC#Cc1ccc2c(c1)[C@]1(C(=O)N2)[C@H](C(=O)N2CCc3cc(OC)c(OC)cc3C2)[C@H]2C(=O)O[C@H](c3ccccc3)[C@H](c3ccccc3)N2[C@@H]1c1ccccc1OCCO)C(=O)OC. The molecule has 4 aliphatic rings. The van der Waals surface area contributed by atoms with Crippen molar-refractivity contribution >= 4 is 35.4 Å². The minimum atomic E-state index is -1.89. The summed E-state index contributed by atoms with van der Waals surface area (Å²) in [6.45, 7) is 0.00613. The first-order valence-electron chi connectivity index (χ1n) is 22.6. The second-order valence-electron chi connectivity index (χ2n) is 17.2. The normalized spacial score (nSPS) is 22.3. The molecule has 6 atom stereocenters. The van der Waals surface area contributed by atoms with E-state index >= 15 is 14.4 Å². The number of aliphatic hydroxyl groups is 1. The molecule has 15 heteroatoms. The molecule has 2 N–H and O–H groups in total. The number of hydrogen-bond acceptors (Lipinski definition) is 13. The molecule has 0 bridgehead atoms. The van der Waals surface area contributed by atoms with Crippen LogP contribution in [-0.4, -0.2) is 98.9 Å². The summed E-state index contributed by atoms with van der Waals surface area (Å²) in [7, 11) is 5.45. The van der Waals surface area contributed by atoms with Crippen LogP contribution in [0.1, 0.15) is 63.6 Å². The van der Waals surface area contributed by atoms with Gasteiger partial charge in [-0.05, 0) is 70.6 Å². The average Bonchev–Trinajstić information content (AvgIpc) is 3.86. The highest BCUT2D eigenvalue weighted by molar-refractivity contribution is 6.12.